The summed E-state index contributed by atoms with van der Waals surface area (Å²) in [6, 6.07) is 0. The molecule has 2 aliphatic heterocycles. The number of likely N-dealkylation sites (tertiary alicyclic amines) is 1. The number of anilines is 1. The predicted octanol–water partition coefficient (Wildman–Crippen LogP) is 0.374. The van der Waals surface area contributed by atoms with Crippen LogP contribution in [0.15, 0.2) is 9.59 Å². The molecule has 27 heavy (non-hydrogen) atoms. The lowest BCUT2D eigenvalue weighted by molar-refractivity contribution is -0.139. The molecular weight excluding hydrogens is 353 g/mol. The molecule has 1 aromatic rings. The van der Waals surface area contributed by atoms with E-state index in [1.807, 2.05) is 25.8 Å². The quantitative estimate of drug-likeness (QED) is 0.709. The van der Waals surface area contributed by atoms with Crippen LogP contribution in [0, 0.1) is 5.92 Å². The Morgan fingerprint density at radius 2 is 1.78 bits per heavy atom. The van der Waals surface area contributed by atoms with E-state index in [4.69, 9.17) is 0 Å². The molecule has 9 heteroatoms. The maximum Gasteiger partial charge on any atom is 0.332 e. The largest absolute Gasteiger partial charge is 0.340 e. The fourth-order valence-corrected chi connectivity index (χ4v) is 4.22. The van der Waals surface area contributed by atoms with E-state index in [-0.39, 0.29) is 11.5 Å². The number of carbonyl (C=O) groups excluding carboxylic acids is 1. The predicted molar refractivity (Wildman–Crippen MR) is 97.6 cm³/mol. The molecule has 0 bridgehead atoms. The monoisotopic (exact) mass is 379 g/mol. The second-order valence-corrected chi connectivity index (χ2v) is 8.61. The third-order valence-corrected chi connectivity index (χ3v) is 6.17. The second-order valence-electron chi connectivity index (χ2n) is 8.61. The number of hydrogen-bond acceptors (Lipinski definition) is 5. The Hall–Kier alpha value is -2.19. The molecular formula is C18H26FN5O3. The Bertz CT molecular complexity index is 893. The molecule has 3 heterocycles. The van der Waals surface area contributed by atoms with Crippen molar-refractivity contribution in [3.8, 4) is 0 Å². The molecule has 1 aromatic heterocycles. The van der Waals surface area contributed by atoms with Gasteiger partial charge in [-0.25, -0.2) is 9.07 Å². The van der Waals surface area contributed by atoms with E-state index in [2.05, 4.69) is 5.10 Å². The fraction of sp³-hybridized carbons (Fsp3) is 0.778. The van der Waals surface area contributed by atoms with Gasteiger partial charge in [0.25, 0.3) is 5.91 Å². The van der Waals surface area contributed by atoms with E-state index in [0.717, 1.165) is 0 Å². The number of aromatic nitrogens is 3. The van der Waals surface area contributed by atoms with Crippen LogP contribution in [0.25, 0.3) is 0 Å². The third kappa shape index (κ3) is 2.78. The van der Waals surface area contributed by atoms with Gasteiger partial charge < -0.3 is 9.80 Å². The first-order valence-electron chi connectivity index (χ1n) is 9.61. The van der Waals surface area contributed by atoms with E-state index < -0.39 is 22.7 Å². The van der Waals surface area contributed by atoms with Crippen molar-refractivity contribution in [1.82, 2.24) is 19.2 Å². The third-order valence-electron chi connectivity index (χ3n) is 6.17. The smallest absolute Gasteiger partial charge is 0.332 e. The van der Waals surface area contributed by atoms with Crippen LogP contribution in [-0.2, 0) is 17.9 Å². The summed E-state index contributed by atoms with van der Waals surface area (Å²) in [6.07, 6.45) is 1.87. The Labute approximate surface area is 156 Å². The summed E-state index contributed by atoms with van der Waals surface area (Å²) in [4.78, 5) is 40.8. The SMILES string of the molecule is CC(C)Cn1nc2n(c(=O)c1=O)CC1(CCN(C(=O)C3(F)CC3)CC1)N2C. The number of hydrogen-bond donors (Lipinski definition) is 0. The topological polar surface area (TPSA) is 80.4 Å². The van der Waals surface area contributed by atoms with Crippen molar-refractivity contribution in [2.45, 2.75) is 63.8 Å². The average Bonchev–Trinajstić information content (AvgIpc) is 3.33. The fourth-order valence-electron chi connectivity index (χ4n) is 4.22. The van der Waals surface area contributed by atoms with Gasteiger partial charge in [-0.1, -0.05) is 13.8 Å². The van der Waals surface area contributed by atoms with Gasteiger partial charge in [0.15, 0.2) is 5.67 Å². The molecule has 0 N–H and O–H groups in total. The molecule has 2 fully saturated rings. The number of alkyl halides is 1. The van der Waals surface area contributed by atoms with E-state index in [1.54, 1.807) is 4.90 Å². The summed E-state index contributed by atoms with van der Waals surface area (Å²) >= 11 is 0. The summed E-state index contributed by atoms with van der Waals surface area (Å²) in [6.45, 7) is 5.61. The molecule has 148 valence electrons. The van der Waals surface area contributed by atoms with Crippen molar-refractivity contribution in [1.29, 1.82) is 0 Å². The average molecular weight is 379 g/mol. The van der Waals surface area contributed by atoms with Crippen molar-refractivity contribution in [2.75, 3.05) is 25.0 Å². The van der Waals surface area contributed by atoms with E-state index in [1.165, 1.54) is 9.25 Å². The van der Waals surface area contributed by atoms with Crippen LogP contribution in [0.4, 0.5) is 10.3 Å². The molecule has 3 aliphatic rings. The minimum absolute atomic E-state index is 0.197. The number of fused-ring (bicyclic) bond motifs is 1. The minimum atomic E-state index is -1.65. The number of piperidine rings is 1. The van der Waals surface area contributed by atoms with Crippen LogP contribution in [0.3, 0.4) is 0 Å². The lowest BCUT2D eigenvalue weighted by Gasteiger charge is -2.43. The zero-order chi connectivity index (χ0) is 19.6. The molecule has 1 spiro atoms. The number of nitrogens with zero attached hydrogens (tertiary/aromatic N) is 5. The van der Waals surface area contributed by atoms with Gasteiger partial charge in [0.2, 0.25) is 5.95 Å². The number of amides is 1. The first-order chi connectivity index (χ1) is 12.7. The zero-order valence-electron chi connectivity index (χ0n) is 16.1. The summed E-state index contributed by atoms with van der Waals surface area (Å²) in [5.74, 6) is 0.287. The molecule has 1 aliphatic carbocycles. The van der Waals surface area contributed by atoms with Gasteiger partial charge >= 0.3 is 11.1 Å². The molecule has 0 atom stereocenters. The highest BCUT2D eigenvalue weighted by atomic mass is 19.1. The lowest BCUT2D eigenvalue weighted by Crippen LogP contribution is -2.55. The number of rotatable bonds is 3. The van der Waals surface area contributed by atoms with Gasteiger partial charge in [-0.15, -0.1) is 5.10 Å². The number of halogens is 1. The summed E-state index contributed by atoms with van der Waals surface area (Å²) in [7, 11) is 1.88. The van der Waals surface area contributed by atoms with Crippen LogP contribution in [0.2, 0.25) is 0 Å². The van der Waals surface area contributed by atoms with Gasteiger partial charge in [-0.3, -0.25) is 19.0 Å². The van der Waals surface area contributed by atoms with E-state index in [9.17, 15) is 18.8 Å². The van der Waals surface area contributed by atoms with Gasteiger partial charge in [-0.05, 0) is 31.6 Å². The summed E-state index contributed by atoms with van der Waals surface area (Å²) < 4.78 is 16.8. The van der Waals surface area contributed by atoms with Crippen molar-refractivity contribution in [3.63, 3.8) is 0 Å². The molecule has 0 unspecified atom stereocenters. The Balaban J connectivity index is 1.58. The Morgan fingerprint density at radius 1 is 1.15 bits per heavy atom. The molecule has 1 saturated heterocycles. The molecule has 8 nitrogen and oxygen atoms in total. The molecule has 4 rings (SSSR count). The molecule has 0 radical (unpaired) electrons. The van der Waals surface area contributed by atoms with E-state index >= 15 is 0 Å². The van der Waals surface area contributed by atoms with Crippen molar-refractivity contribution in [2.24, 2.45) is 5.92 Å². The Morgan fingerprint density at radius 3 is 2.33 bits per heavy atom. The Kier molecular flexibility index (Phi) is 3.98. The van der Waals surface area contributed by atoms with Crippen LogP contribution >= 0.6 is 0 Å². The highest BCUT2D eigenvalue weighted by Crippen LogP contribution is 2.43. The lowest BCUT2D eigenvalue weighted by atomic mass is 9.86. The number of likely N-dealkylation sites (N-methyl/N-ethyl adjacent to an activating group) is 1. The van der Waals surface area contributed by atoms with Crippen molar-refractivity contribution in [3.05, 3.63) is 20.7 Å². The summed E-state index contributed by atoms with van der Waals surface area (Å²) in [5.41, 5.74) is -3.16. The molecule has 0 aromatic carbocycles. The van der Waals surface area contributed by atoms with Crippen LogP contribution in [0.5, 0.6) is 0 Å². The molecule has 1 amide bonds. The van der Waals surface area contributed by atoms with Gasteiger partial charge in [0.1, 0.15) is 0 Å². The highest BCUT2D eigenvalue weighted by Gasteiger charge is 2.54. The first-order valence-corrected chi connectivity index (χ1v) is 9.61. The van der Waals surface area contributed by atoms with Gasteiger partial charge in [-0.2, -0.15) is 0 Å². The maximum absolute atomic E-state index is 14.1. The first kappa shape index (κ1) is 18.2. The normalized spacial score (nSPS) is 22.4. The standard InChI is InChI=1S/C18H26FN5O3/c1-12(2)10-24-14(26)13(25)23-11-17(21(3)16(23)20-24)6-8-22(9-7-17)15(27)18(19)4-5-18/h12H,4-11H2,1-3H3. The minimum Gasteiger partial charge on any atom is -0.340 e. The van der Waals surface area contributed by atoms with Crippen molar-refractivity contribution >= 4 is 11.9 Å². The van der Waals surface area contributed by atoms with Gasteiger partial charge in [0, 0.05) is 26.7 Å². The van der Waals surface area contributed by atoms with E-state index in [0.29, 0.717) is 57.8 Å². The van der Waals surface area contributed by atoms with Gasteiger partial charge in [0.05, 0.1) is 12.1 Å². The summed E-state index contributed by atoms with van der Waals surface area (Å²) in [5, 5.41) is 4.44. The van der Waals surface area contributed by atoms with Crippen LogP contribution in [0.1, 0.15) is 39.5 Å². The molecule has 1 saturated carbocycles. The zero-order valence-corrected chi connectivity index (χ0v) is 16.1. The van der Waals surface area contributed by atoms with Crippen LogP contribution < -0.4 is 16.0 Å². The second kappa shape index (κ2) is 5.90. The maximum atomic E-state index is 14.1. The van der Waals surface area contributed by atoms with Crippen molar-refractivity contribution < 1.29 is 9.18 Å². The number of carbonyl (C=O) groups is 1. The highest BCUT2D eigenvalue weighted by molar-refractivity contribution is 5.88. The van der Waals surface area contributed by atoms with Crippen LogP contribution in [-0.4, -0.2) is 56.5 Å².